The standard InChI is InChI=1S/C14H9ClF3NO3/c15-11-6-5-8(7-12(20)21)13(19-11)9-3-1-2-4-10(9)22-14(16,17)18/h1-6H,7H2,(H,20,21). The first-order valence-corrected chi connectivity index (χ1v) is 6.36. The number of rotatable bonds is 4. The first-order chi connectivity index (χ1) is 10.3. The molecule has 22 heavy (non-hydrogen) atoms. The number of carboxylic acid groups (broad SMARTS) is 1. The van der Waals surface area contributed by atoms with Gasteiger partial charge in [0.05, 0.1) is 12.1 Å². The average Bonchev–Trinajstić information content (AvgIpc) is 2.39. The minimum absolute atomic E-state index is 0.0126. The van der Waals surface area contributed by atoms with Crippen LogP contribution in [0.5, 0.6) is 5.75 Å². The van der Waals surface area contributed by atoms with Crippen LogP contribution in [0, 0.1) is 0 Å². The first kappa shape index (κ1) is 16.1. The summed E-state index contributed by atoms with van der Waals surface area (Å²) in [5.41, 5.74) is 0.281. The summed E-state index contributed by atoms with van der Waals surface area (Å²) in [4.78, 5) is 14.8. The lowest BCUT2D eigenvalue weighted by atomic mass is 10.0. The molecule has 1 N–H and O–H groups in total. The lowest BCUT2D eigenvalue weighted by Gasteiger charge is -2.14. The summed E-state index contributed by atoms with van der Waals surface area (Å²) in [6.45, 7) is 0. The van der Waals surface area contributed by atoms with E-state index in [2.05, 4.69) is 9.72 Å². The number of para-hydroxylation sites is 1. The second-order valence-corrected chi connectivity index (χ2v) is 4.64. The molecule has 1 aromatic carbocycles. The molecule has 0 radical (unpaired) electrons. The van der Waals surface area contributed by atoms with Crippen molar-refractivity contribution in [2.45, 2.75) is 12.8 Å². The number of aliphatic carboxylic acids is 1. The van der Waals surface area contributed by atoms with Crippen molar-refractivity contribution in [3.8, 4) is 17.0 Å². The van der Waals surface area contributed by atoms with Gasteiger partial charge in [-0.2, -0.15) is 0 Å². The minimum atomic E-state index is -4.87. The molecule has 116 valence electrons. The van der Waals surface area contributed by atoms with Crippen LogP contribution in [0.2, 0.25) is 5.15 Å². The quantitative estimate of drug-likeness (QED) is 0.862. The highest BCUT2D eigenvalue weighted by Crippen LogP contribution is 2.35. The molecule has 0 amide bonds. The molecule has 0 aliphatic rings. The summed E-state index contributed by atoms with van der Waals surface area (Å²) in [6.07, 6.45) is -5.28. The molecule has 0 aliphatic carbocycles. The van der Waals surface area contributed by atoms with E-state index < -0.39 is 24.5 Å². The highest BCUT2D eigenvalue weighted by atomic mass is 35.5. The maximum Gasteiger partial charge on any atom is 0.573 e. The van der Waals surface area contributed by atoms with Gasteiger partial charge in [0.2, 0.25) is 0 Å². The van der Waals surface area contributed by atoms with E-state index >= 15 is 0 Å². The fourth-order valence-electron chi connectivity index (χ4n) is 1.88. The number of carbonyl (C=O) groups is 1. The van der Waals surface area contributed by atoms with Gasteiger partial charge in [-0.25, -0.2) is 4.98 Å². The molecule has 0 spiro atoms. The monoisotopic (exact) mass is 331 g/mol. The Hall–Kier alpha value is -2.28. The van der Waals surface area contributed by atoms with Crippen LogP contribution in [-0.2, 0) is 11.2 Å². The van der Waals surface area contributed by atoms with Gasteiger partial charge < -0.3 is 9.84 Å². The molecule has 0 aliphatic heterocycles. The summed E-state index contributed by atoms with van der Waals surface area (Å²) in [6, 6.07) is 8.11. The third-order valence-corrected chi connectivity index (χ3v) is 2.86. The largest absolute Gasteiger partial charge is 0.573 e. The molecule has 8 heteroatoms. The molecule has 0 atom stereocenters. The van der Waals surface area contributed by atoms with Crippen molar-refractivity contribution >= 4 is 17.6 Å². The maximum atomic E-state index is 12.5. The number of pyridine rings is 1. The molecule has 0 saturated heterocycles. The molecular formula is C14H9ClF3NO3. The van der Waals surface area contributed by atoms with E-state index in [4.69, 9.17) is 16.7 Å². The van der Waals surface area contributed by atoms with Gasteiger partial charge in [-0.05, 0) is 23.8 Å². The lowest BCUT2D eigenvalue weighted by molar-refractivity contribution is -0.274. The summed E-state index contributed by atoms with van der Waals surface area (Å²) in [5, 5.41) is 8.92. The van der Waals surface area contributed by atoms with E-state index in [1.54, 1.807) is 0 Å². The van der Waals surface area contributed by atoms with E-state index in [1.807, 2.05) is 0 Å². The number of carboxylic acids is 1. The summed E-state index contributed by atoms with van der Waals surface area (Å²) < 4.78 is 41.3. The number of hydrogen-bond donors (Lipinski definition) is 1. The molecule has 2 aromatic rings. The fraction of sp³-hybridized carbons (Fsp3) is 0.143. The van der Waals surface area contributed by atoms with Gasteiger partial charge in [0, 0.05) is 5.56 Å². The molecule has 0 unspecified atom stereocenters. The Morgan fingerprint density at radius 1 is 1.23 bits per heavy atom. The average molecular weight is 332 g/mol. The van der Waals surface area contributed by atoms with Crippen LogP contribution in [0.4, 0.5) is 13.2 Å². The molecular weight excluding hydrogens is 323 g/mol. The van der Waals surface area contributed by atoms with Crippen molar-refractivity contribution in [1.82, 2.24) is 4.98 Å². The second kappa shape index (κ2) is 6.23. The Bertz CT molecular complexity index is 704. The van der Waals surface area contributed by atoms with Crippen LogP contribution in [0.1, 0.15) is 5.56 Å². The Morgan fingerprint density at radius 2 is 1.91 bits per heavy atom. The van der Waals surface area contributed by atoms with Crippen LogP contribution < -0.4 is 4.74 Å². The van der Waals surface area contributed by atoms with Crippen molar-refractivity contribution in [2.75, 3.05) is 0 Å². The predicted molar refractivity (Wildman–Crippen MR) is 72.7 cm³/mol. The number of nitrogens with zero attached hydrogens (tertiary/aromatic N) is 1. The number of benzene rings is 1. The summed E-state index contributed by atoms with van der Waals surface area (Å²) >= 11 is 5.77. The number of aromatic nitrogens is 1. The van der Waals surface area contributed by atoms with Crippen LogP contribution in [0.15, 0.2) is 36.4 Å². The third-order valence-electron chi connectivity index (χ3n) is 2.65. The second-order valence-electron chi connectivity index (χ2n) is 4.26. The topological polar surface area (TPSA) is 59.4 Å². The number of hydrogen-bond acceptors (Lipinski definition) is 3. The molecule has 0 saturated carbocycles. The minimum Gasteiger partial charge on any atom is -0.481 e. The van der Waals surface area contributed by atoms with E-state index in [1.165, 1.54) is 30.3 Å². The van der Waals surface area contributed by atoms with Gasteiger partial charge in [0.1, 0.15) is 10.9 Å². The van der Waals surface area contributed by atoms with Gasteiger partial charge in [-0.3, -0.25) is 4.79 Å². The van der Waals surface area contributed by atoms with Crippen LogP contribution in [0.25, 0.3) is 11.3 Å². The van der Waals surface area contributed by atoms with Crippen molar-refractivity contribution in [2.24, 2.45) is 0 Å². The number of alkyl halides is 3. The van der Waals surface area contributed by atoms with Crippen LogP contribution in [-0.4, -0.2) is 22.4 Å². The Morgan fingerprint density at radius 3 is 2.55 bits per heavy atom. The zero-order valence-electron chi connectivity index (χ0n) is 10.9. The number of ether oxygens (including phenoxy) is 1. The summed E-state index contributed by atoms with van der Waals surface area (Å²) in [7, 11) is 0. The number of halogens is 4. The van der Waals surface area contributed by atoms with Gasteiger partial charge in [-0.1, -0.05) is 29.8 Å². The van der Waals surface area contributed by atoms with Crippen molar-refractivity contribution in [3.05, 3.63) is 47.1 Å². The van der Waals surface area contributed by atoms with Gasteiger partial charge >= 0.3 is 12.3 Å². The normalized spacial score (nSPS) is 11.3. The van der Waals surface area contributed by atoms with E-state index in [0.717, 1.165) is 6.07 Å². The fourth-order valence-corrected chi connectivity index (χ4v) is 2.03. The predicted octanol–water partition coefficient (Wildman–Crippen LogP) is 3.93. The van der Waals surface area contributed by atoms with E-state index in [-0.39, 0.29) is 22.0 Å². The van der Waals surface area contributed by atoms with Crippen molar-refractivity contribution in [3.63, 3.8) is 0 Å². The van der Waals surface area contributed by atoms with Gasteiger partial charge in [0.15, 0.2) is 0 Å². The van der Waals surface area contributed by atoms with Crippen LogP contribution >= 0.6 is 11.6 Å². The SMILES string of the molecule is O=C(O)Cc1ccc(Cl)nc1-c1ccccc1OC(F)(F)F. The van der Waals surface area contributed by atoms with Crippen molar-refractivity contribution < 1.29 is 27.8 Å². The zero-order valence-corrected chi connectivity index (χ0v) is 11.6. The van der Waals surface area contributed by atoms with Gasteiger partial charge in [-0.15, -0.1) is 13.2 Å². The Balaban J connectivity index is 2.56. The third kappa shape index (κ3) is 4.11. The Kier molecular flexibility index (Phi) is 4.56. The van der Waals surface area contributed by atoms with Gasteiger partial charge in [0.25, 0.3) is 0 Å². The molecule has 0 bridgehead atoms. The van der Waals surface area contributed by atoms with E-state index in [0.29, 0.717) is 0 Å². The van der Waals surface area contributed by atoms with E-state index in [9.17, 15) is 18.0 Å². The highest BCUT2D eigenvalue weighted by molar-refractivity contribution is 6.29. The molecule has 0 fully saturated rings. The highest BCUT2D eigenvalue weighted by Gasteiger charge is 2.32. The molecule has 1 heterocycles. The van der Waals surface area contributed by atoms with Crippen molar-refractivity contribution in [1.29, 1.82) is 0 Å². The Labute approximate surface area is 128 Å². The van der Waals surface area contributed by atoms with Crippen LogP contribution in [0.3, 0.4) is 0 Å². The molecule has 1 aromatic heterocycles. The maximum absolute atomic E-state index is 12.5. The smallest absolute Gasteiger partial charge is 0.481 e. The first-order valence-electron chi connectivity index (χ1n) is 5.98. The molecule has 4 nitrogen and oxygen atoms in total. The zero-order chi connectivity index (χ0) is 16.3. The lowest BCUT2D eigenvalue weighted by Crippen LogP contribution is -2.17. The molecule has 2 rings (SSSR count). The summed E-state index contributed by atoms with van der Waals surface area (Å²) in [5.74, 6) is -1.61.